The maximum absolute atomic E-state index is 12.3. The number of halogens is 4. The fourth-order valence-corrected chi connectivity index (χ4v) is 2.65. The van der Waals surface area contributed by atoms with Gasteiger partial charge in [0.1, 0.15) is 5.75 Å². The molecule has 2 N–H and O–H groups in total. The summed E-state index contributed by atoms with van der Waals surface area (Å²) in [4.78, 5) is 12.3. The molecule has 8 heteroatoms. The summed E-state index contributed by atoms with van der Waals surface area (Å²) in [6.45, 7) is 1.28. The summed E-state index contributed by atoms with van der Waals surface area (Å²) in [5.74, 6) is -0.500. The number of hydrogen-bond acceptors (Lipinski definition) is 3. The second-order valence-electron chi connectivity index (χ2n) is 5.61. The van der Waals surface area contributed by atoms with Gasteiger partial charge in [0.25, 0.3) is 0 Å². The molecule has 1 saturated heterocycles. The molecule has 0 bridgehead atoms. The quantitative estimate of drug-likeness (QED) is 0.872. The summed E-state index contributed by atoms with van der Waals surface area (Å²) in [7, 11) is 0. The van der Waals surface area contributed by atoms with Gasteiger partial charge in [-0.15, -0.1) is 0 Å². The molecule has 0 saturated carbocycles. The zero-order valence-corrected chi connectivity index (χ0v) is 13.3. The summed E-state index contributed by atoms with van der Waals surface area (Å²) in [6, 6.07) is 4.42. The molecule has 2 atom stereocenters. The van der Waals surface area contributed by atoms with Crippen molar-refractivity contribution in [3.05, 3.63) is 23.2 Å². The molecular formula is C15H18ClF3N2O2. The average molecular weight is 351 g/mol. The molecule has 1 aromatic carbocycles. The van der Waals surface area contributed by atoms with Gasteiger partial charge < -0.3 is 15.4 Å². The predicted octanol–water partition coefficient (Wildman–Crippen LogP) is 3.61. The maximum atomic E-state index is 12.3. The lowest BCUT2D eigenvalue weighted by molar-refractivity contribution is -0.153. The number of carbonyl (C=O) groups is 1. The molecule has 0 unspecified atom stereocenters. The Morgan fingerprint density at radius 1 is 1.48 bits per heavy atom. The summed E-state index contributed by atoms with van der Waals surface area (Å²) >= 11 is 5.79. The second kappa shape index (κ2) is 7.40. The maximum Gasteiger partial charge on any atom is 0.422 e. The summed E-state index contributed by atoms with van der Waals surface area (Å²) in [5.41, 5.74) is 0.190. The lowest BCUT2D eigenvalue weighted by Gasteiger charge is -2.27. The molecule has 1 amide bonds. The van der Waals surface area contributed by atoms with Crippen molar-refractivity contribution in [3.63, 3.8) is 0 Å². The third-order valence-electron chi connectivity index (χ3n) is 3.59. The highest BCUT2D eigenvalue weighted by atomic mass is 35.5. The van der Waals surface area contributed by atoms with Gasteiger partial charge in [-0.1, -0.05) is 11.6 Å². The number of hydrogen-bond donors (Lipinski definition) is 2. The molecule has 1 heterocycles. The molecular weight excluding hydrogens is 333 g/mol. The monoisotopic (exact) mass is 350 g/mol. The summed E-state index contributed by atoms with van der Waals surface area (Å²) < 4.78 is 41.7. The van der Waals surface area contributed by atoms with Crippen LogP contribution in [0.25, 0.3) is 0 Å². The van der Waals surface area contributed by atoms with E-state index in [0.29, 0.717) is 12.8 Å². The van der Waals surface area contributed by atoms with Crippen molar-refractivity contribution in [1.82, 2.24) is 5.32 Å². The first-order valence-corrected chi connectivity index (χ1v) is 7.66. The van der Waals surface area contributed by atoms with Gasteiger partial charge in [0.05, 0.1) is 5.69 Å². The standard InChI is InChI=1S/C15H18ClF3N2O2/c1-9-6-10(4-5-20-9)14(22)21-12-3-2-11(16)7-13(12)23-8-15(17,18)19/h2-3,7,9-10,20H,4-6,8H2,1H3,(H,21,22)/t9-,10-/m0/s1. The van der Waals surface area contributed by atoms with Gasteiger partial charge in [-0.25, -0.2) is 0 Å². The molecule has 0 aromatic heterocycles. The van der Waals surface area contributed by atoms with Crippen LogP contribution >= 0.6 is 11.6 Å². The van der Waals surface area contributed by atoms with Gasteiger partial charge in [0, 0.05) is 23.0 Å². The predicted molar refractivity (Wildman–Crippen MR) is 81.8 cm³/mol. The van der Waals surface area contributed by atoms with Crippen molar-refractivity contribution in [2.45, 2.75) is 32.0 Å². The Morgan fingerprint density at radius 2 is 2.22 bits per heavy atom. The van der Waals surface area contributed by atoms with Gasteiger partial charge in [0.15, 0.2) is 6.61 Å². The summed E-state index contributed by atoms with van der Waals surface area (Å²) in [6.07, 6.45) is -3.10. The molecule has 128 valence electrons. The fourth-order valence-electron chi connectivity index (χ4n) is 2.48. The van der Waals surface area contributed by atoms with Crippen LogP contribution < -0.4 is 15.4 Å². The molecule has 0 spiro atoms. The van der Waals surface area contributed by atoms with Gasteiger partial charge in [0.2, 0.25) is 5.91 Å². The molecule has 1 aromatic rings. The van der Waals surface area contributed by atoms with E-state index in [0.717, 1.165) is 6.54 Å². The van der Waals surface area contributed by atoms with E-state index >= 15 is 0 Å². The normalized spacial score (nSPS) is 21.8. The van der Waals surface area contributed by atoms with E-state index in [-0.39, 0.29) is 34.3 Å². The topological polar surface area (TPSA) is 50.4 Å². The molecule has 0 aliphatic carbocycles. The van der Waals surface area contributed by atoms with Crippen molar-refractivity contribution in [1.29, 1.82) is 0 Å². The molecule has 1 aliphatic rings. The highest BCUT2D eigenvalue weighted by Crippen LogP contribution is 2.31. The van der Waals surface area contributed by atoms with Gasteiger partial charge >= 0.3 is 6.18 Å². The van der Waals surface area contributed by atoms with E-state index in [9.17, 15) is 18.0 Å². The minimum Gasteiger partial charge on any atom is -0.482 e. The summed E-state index contributed by atoms with van der Waals surface area (Å²) in [5, 5.41) is 6.12. The van der Waals surface area contributed by atoms with E-state index in [2.05, 4.69) is 10.6 Å². The highest BCUT2D eigenvalue weighted by molar-refractivity contribution is 6.30. The zero-order chi connectivity index (χ0) is 17.0. The Balaban J connectivity index is 2.07. The minimum atomic E-state index is -4.46. The van der Waals surface area contributed by atoms with Crippen molar-refractivity contribution in [2.75, 3.05) is 18.5 Å². The minimum absolute atomic E-state index is 0.0924. The molecule has 2 rings (SSSR count). The Hall–Kier alpha value is -1.47. The molecule has 23 heavy (non-hydrogen) atoms. The fraction of sp³-hybridized carbons (Fsp3) is 0.533. The van der Waals surface area contributed by atoms with Gasteiger partial charge in [-0.05, 0) is 38.4 Å². The first kappa shape index (κ1) is 17.9. The van der Waals surface area contributed by atoms with Crippen LogP contribution in [0.15, 0.2) is 18.2 Å². The number of rotatable bonds is 4. The van der Waals surface area contributed by atoms with Crippen LogP contribution in [0.4, 0.5) is 18.9 Å². The van der Waals surface area contributed by atoms with Crippen LogP contribution in [-0.4, -0.2) is 31.3 Å². The molecule has 1 fully saturated rings. The third-order valence-corrected chi connectivity index (χ3v) is 3.82. The zero-order valence-electron chi connectivity index (χ0n) is 12.5. The number of carbonyl (C=O) groups excluding carboxylic acids is 1. The number of anilines is 1. The first-order chi connectivity index (χ1) is 10.7. The third kappa shape index (κ3) is 5.58. The number of alkyl halides is 3. The van der Waals surface area contributed by atoms with Crippen LogP contribution in [0.5, 0.6) is 5.75 Å². The molecule has 4 nitrogen and oxygen atoms in total. The van der Waals surface area contributed by atoms with Crippen LogP contribution in [0.3, 0.4) is 0 Å². The van der Waals surface area contributed by atoms with Crippen LogP contribution in [0.2, 0.25) is 5.02 Å². The lowest BCUT2D eigenvalue weighted by Crippen LogP contribution is -2.40. The number of benzene rings is 1. The Kier molecular flexibility index (Phi) is 5.75. The van der Waals surface area contributed by atoms with Gasteiger partial charge in [-0.2, -0.15) is 13.2 Å². The smallest absolute Gasteiger partial charge is 0.422 e. The Labute approximate surface area is 137 Å². The first-order valence-electron chi connectivity index (χ1n) is 7.28. The number of ether oxygens (including phenoxy) is 1. The van der Waals surface area contributed by atoms with Crippen LogP contribution in [-0.2, 0) is 4.79 Å². The van der Waals surface area contributed by atoms with E-state index < -0.39 is 12.8 Å². The Bertz CT molecular complexity index is 566. The second-order valence-corrected chi connectivity index (χ2v) is 6.05. The van der Waals surface area contributed by atoms with Gasteiger partial charge in [-0.3, -0.25) is 4.79 Å². The van der Waals surface area contributed by atoms with Crippen molar-refractivity contribution in [2.24, 2.45) is 5.92 Å². The highest BCUT2D eigenvalue weighted by Gasteiger charge is 2.29. The molecule has 0 radical (unpaired) electrons. The van der Waals surface area contributed by atoms with Crippen LogP contribution in [0, 0.1) is 5.92 Å². The average Bonchev–Trinajstić information content (AvgIpc) is 2.46. The van der Waals surface area contributed by atoms with Crippen molar-refractivity contribution in [3.8, 4) is 5.75 Å². The number of piperidine rings is 1. The largest absolute Gasteiger partial charge is 0.482 e. The Morgan fingerprint density at radius 3 is 2.87 bits per heavy atom. The molecule has 1 aliphatic heterocycles. The van der Waals surface area contributed by atoms with E-state index in [1.807, 2.05) is 6.92 Å². The number of nitrogens with one attached hydrogen (secondary N) is 2. The van der Waals surface area contributed by atoms with Crippen molar-refractivity contribution < 1.29 is 22.7 Å². The number of amides is 1. The lowest BCUT2D eigenvalue weighted by atomic mass is 9.92. The van der Waals surface area contributed by atoms with E-state index in [4.69, 9.17) is 16.3 Å². The van der Waals surface area contributed by atoms with E-state index in [1.165, 1.54) is 18.2 Å². The SMILES string of the molecule is C[C@H]1C[C@@H](C(=O)Nc2ccc(Cl)cc2OCC(F)(F)F)CCN1. The van der Waals surface area contributed by atoms with Crippen molar-refractivity contribution >= 4 is 23.2 Å². The van der Waals surface area contributed by atoms with E-state index in [1.54, 1.807) is 0 Å². The van der Waals surface area contributed by atoms with Crippen LogP contribution in [0.1, 0.15) is 19.8 Å².